The molecule has 4 rings (SSSR count). The number of hydrogen-bond donors (Lipinski definition) is 7. The van der Waals surface area contributed by atoms with Crippen molar-refractivity contribution in [3.8, 4) is 11.1 Å². The first kappa shape index (κ1) is 35.0. The average Bonchev–Trinajstić information content (AvgIpc) is 3.34. The molecule has 16 nitrogen and oxygen atoms in total. The van der Waals surface area contributed by atoms with Crippen LogP contribution in [0, 0.1) is 18.6 Å². The fourth-order valence-corrected chi connectivity index (χ4v) is 6.39. The van der Waals surface area contributed by atoms with Gasteiger partial charge in [-0.3, -0.25) is 23.5 Å². The maximum Gasteiger partial charge on any atom is 0.369 e. The Kier molecular flexibility index (Phi) is 10.8. The van der Waals surface area contributed by atoms with E-state index in [9.17, 15) is 32.6 Å². The zero-order valence-corrected chi connectivity index (χ0v) is 24.4. The smallest absolute Gasteiger partial charge is 0.369 e. The highest BCUT2D eigenvalue weighted by atomic mass is 31.2. The highest BCUT2D eigenvalue weighted by Gasteiger charge is 2.59. The quantitative estimate of drug-likeness (QED) is 0.0794. The normalized spacial score (nSPS) is 18.7. The fraction of sp³-hybridized carbons (Fsp3) is 0.333. The van der Waals surface area contributed by atoms with Gasteiger partial charge in [-0.15, -0.1) is 0 Å². The molecule has 2 heterocycles. The number of H-pyrrole nitrogens is 1. The number of hydrogen-bond acceptors (Lipinski definition) is 8. The van der Waals surface area contributed by atoms with Crippen LogP contribution in [0.2, 0.25) is 0 Å². The van der Waals surface area contributed by atoms with Gasteiger partial charge in [-0.05, 0) is 41.8 Å². The Hall–Kier alpha value is -3.53. The molecule has 0 aliphatic carbocycles. The van der Waals surface area contributed by atoms with Gasteiger partial charge in [0.05, 0.1) is 18.8 Å². The number of nitrogens with one attached hydrogen (secondary N) is 1. The summed E-state index contributed by atoms with van der Waals surface area (Å²) >= 11 is 0. The molecule has 1 aliphatic rings. The van der Waals surface area contributed by atoms with E-state index in [0.29, 0.717) is 5.56 Å². The summed E-state index contributed by atoms with van der Waals surface area (Å²) in [6.45, 7) is 1.26. The molecule has 0 saturated carbocycles. The monoisotopic (exact) mass is 661 g/mol. The van der Waals surface area contributed by atoms with Crippen LogP contribution >= 0.6 is 15.2 Å². The molecular formula is C24H27F2N5O11P2. The molecule has 44 heavy (non-hydrogen) atoms. The molecule has 238 valence electrons. The summed E-state index contributed by atoms with van der Waals surface area (Å²) in [6, 6.07) is 7.21. The molecule has 3 aromatic rings. The zero-order valence-electron chi connectivity index (χ0n) is 22.6. The lowest BCUT2D eigenvalue weighted by Gasteiger charge is -2.29. The van der Waals surface area contributed by atoms with Gasteiger partial charge in [-0.1, -0.05) is 29.4 Å². The zero-order chi connectivity index (χ0) is 33.0. The van der Waals surface area contributed by atoms with E-state index in [4.69, 9.17) is 34.9 Å². The molecule has 0 bridgehead atoms. The minimum absolute atomic E-state index is 0.0877. The number of ether oxygens (including phenoxy) is 1. The van der Waals surface area contributed by atoms with Crippen LogP contribution in [0.4, 0.5) is 8.78 Å². The lowest BCUT2D eigenvalue weighted by atomic mass is 10.0. The Morgan fingerprint density at radius 3 is 2.39 bits per heavy atom. The van der Waals surface area contributed by atoms with Crippen molar-refractivity contribution in [2.24, 2.45) is 5.11 Å². The summed E-state index contributed by atoms with van der Waals surface area (Å²) < 4.78 is 56.6. The number of aliphatic hydroxyl groups excluding tert-OH is 1. The molecule has 0 unspecified atom stereocenters. The van der Waals surface area contributed by atoms with Gasteiger partial charge in [0.25, 0.3) is 10.6 Å². The number of benzene rings is 2. The Bertz CT molecular complexity index is 1760. The highest BCUT2D eigenvalue weighted by molar-refractivity contribution is 7.72. The number of aliphatic hydroxyl groups is 2. The summed E-state index contributed by atoms with van der Waals surface area (Å²) in [5, 5.41) is 19.0. The molecule has 0 amide bonds. The Morgan fingerprint density at radius 2 is 1.80 bits per heavy atom. The summed E-state index contributed by atoms with van der Waals surface area (Å²) in [5.74, 6) is -1.48. The maximum absolute atomic E-state index is 13.8. The second-order valence-electron chi connectivity index (χ2n) is 9.66. The largest absolute Gasteiger partial charge is 0.394 e. The van der Waals surface area contributed by atoms with Crippen LogP contribution < -0.4 is 11.2 Å². The van der Waals surface area contributed by atoms with Gasteiger partial charge in [0.2, 0.25) is 0 Å². The summed E-state index contributed by atoms with van der Waals surface area (Å²) in [7, 11) is -11.2. The van der Waals surface area contributed by atoms with Crippen molar-refractivity contribution in [1.29, 1.82) is 0 Å². The van der Waals surface area contributed by atoms with Gasteiger partial charge in [-0.25, -0.2) is 13.6 Å². The first-order chi connectivity index (χ1) is 20.4. The first-order valence-corrected chi connectivity index (χ1v) is 15.6. The van der Waals surface area contributed by atoms with Crippen molar-refractivity contribution in [3.63, 3.8) is 0 Å². The van der Waals surface area contributed by atoms with Crippen molar-refractivity contribution in [2.45, 2.75) is 43.2 Å². The van der Waals surface area contributed by atoms with Crippen LogP contribution in [0.15, 0.2) is 63.4 Å². The van der Waals surface area contributed by atoms with E-state index in [-0.39, 0.29) is 29.7 Å². The molecule has 20 heteroatoms. The number of rotatable bonds is 8. The topological polar surface area (TPSA) is 268 Å². The lowest BCUT2D eigenvalue weighted by Crippen LogP contribution is -2.33. The first-order valence-electron chi connectivity index (χ1n) is 12.4. The van der Waals surface area contributed by atoms with Crippen molar-refractivity contribution in [1.82, 2.24) is 9.55 Å². The van der Waals surface area contributed by atoms with Gasteiger partial charge in [0.1, 0.15) is 17.9 Å². The van der Waals surface area contributed by atoms with Gasteiger partial charge >= 0.3 is 20.9 Å². The molecule has 7 N–H and O–H groups in total. The van der Waals surface area contributed by atoms with Crippen molar-refractivity contribution < 1.29 is 52.4 Å². The van der Waals surface area contributed by atoms with Crippen LogP contribution in [-0.4, -0.2) is 63.2 Å². The van der Waals surface area contributed by atoms with E-state index in [1.807, 2.05) is 0 Å². The van der Waals surface area contributed by atoms with E-state index in [1.165, 1.54) is 29.0 Å². The molecule has 3 atom stereocenters. The van der Waals surface area contributed by atoms with Crippen molar-refractivity contribution >= 4 is 15.2 Å². The fourth-order valence-electron chi connectivity index (χ4n) is 4.26. The maximum atomic E-state index is 13.8. The molecule has 1 aliphatic heterocycles. The van der Waals surface area contributed by atoms with Gasteiger partial charge in [0, 0.05) is 35.1 Å². The second-order valence-corrected chi connectivity index (χ2v) is 13.7. The number of aromatic nitrogens is 2. The van der Waals surface area contributed by atoms with E-state index in [1.54, 1.807) is 6.92 Å². The molecular weight excluding hydrogens is 634 g/mol. The summed E-state index contributed by atoms with van der Waals surface area (Å²) in [6.07, 6.45) is -0.762. The SMILES string of the molecule is Cc1cn([C@H]2C[C@H](N=[N+]=[N-])[C@@H](CO)O2)c(=O)[nH]c1=O.O=P(O)(O)C(O)(Cc1cccc(-c2cc(F)ccc2F)c1)P(=O)(O)O. The summed E-state index contributed by atoms with van der Waals surface area (Å²) in [5.41, 5.74) is 7.62. The van der Waals surface area contributed by atoms with Crippen LogP contribution in [0.1, 0.15) is 23.8 Å². The van der Waals surface area contributed by atoms with Gasteiger partial charge in [-0.2, -0.15) is 0 Å². The van der Waals surface area contributed by atoms with Crippen LogP contribution in [0.25, 0.3) is 21.6 Å². The Labute approximate surface area is 246 Å². The summed E-state index contributed by atoms with van der Waals surface area (Å²) in [4.78, 5) is 64.5. The van der Waals surface area contributed by atoms with Gasteiger partial charge in [0.15, 0.2) is 0 Å². The Morgan fingerprint density at radius 1 is 1.14 bits per heavy atom. The molecule has 0 radical (unpaired) electrons. The molecule has 2 aromatic carbocycles. The number of halogens is 2. The number of nitrogens with zero attached hydrogens (tertiary/aromatic N) is 4. The minimum atomic E-state index is -5.62. The third-order valence-corrected chi connectivity index (χ3v) is 10.3. The van der Waals surface area contributed by atoms with Crippen LogP contribution in [-0.2, 0) is 20.3 Å². The molecule has 1 aromatic heterocycles. The Balaban J connectivity index is 0.000000249. The van der Waals surface area contributed by atoms with Gasteiger partial charge < -0.3 is 34.5 Å². The average molecular weight is 661 g/mol. The molecule has 1 saturated heterocycles. The predicted octanol–water partition coefficient (Wildman–Crippen LogP) is 1.98. The lowest BCUT2D eigenvalue weighted by molar-refractivity contribution is -0.0271. The van der Waals surface area contributed by atoms with Crippen molar-refractivity contribution in [3.05, 3.63) is 103 Å². The number of aryl methyl sites for hydroxylation is 1. The van der Waals surface area contributed by atoms with Crippen LogP contribution in [0.3, 0.4) is 0 Å². The molecule has 1 fully saturated rings. The second kappa shape index (κ2) is 13.6. The number of azide groups is 1. The number of aromatic amines is 1. The third-order valence-electron chi connectivity index (χ3n) is 6.58. The molecule has 0 spiro atoms. The van der Waals surface area contributed by atoms with Crippen molar-refractivity contribution in [2.75, 3.05) is 6.61 Å². The van der Waals surface area contributed by atoms with E-state index >= 15 is 0 Å². The predicted molar refractivity (Wildman–Crippen MR) is 149 cm³/mol. The third kappa shape index (κ3) is 7.75. The minimum Gasteiger partial charge on any atom is -0.394 e. The van der Waals surface area contributed by atoms with Crippen LogP contribution in [0.5, 0.6) is 0 Å². The van der Waals surface area contributed by atoms with E-state index in [2.05, 4.69) is 15.0 Å². The van der Waals surface area contributed by atoms with E-state index < -0.39 is 68.0 Å². The standard InChI is InChI=1S/C14H14F2O7P2.C10H13N5O4/c15-11-4-5-13(16)12(7-11)10-3-1-2-9(6-10)8-14(17,24(18,19)20)25(21,22)23;1-5-3-15(10(18)12-9(5)17)8-2-6(13-14-11)7(4-16)19-8/h1-7,17H,8H2,(H2,18,19,20)(H2,21,22,23);3,6-8,16H,2,4H2,1H3,(H,12,17,18)/t;6-,7+,8+/m.0/s1. The highest BCUT2D eigenvalue weighted by Crippen LogP contribution is 2.68. The van der Waals surface area contributed by atoms with E-state index in [0.717, 1.165) is 24.3 Å².